The normalized spacial score (nSPS) is 16.9. The summed E-state index contributed by atoms with van der Waals surface area (Å²) in [6.07, 6.45) is 0.234. The van der Waals surface area contributed by atoms with E-state index in [2.05, 4.69) is 10.6 Å². The van der Waals surface area contributed by atoms with Crippen molar-refractivity contribution in [2.45, 2.75) is 42.2 Å². The number of amidine groups is 1. The van der Waals surface area contributed by atoms with E-state index in [4.69, 9.17) is 68.6 Å². The number of hydrogen-bond donors (Lipinski definition) is 2. The van der Waals surface area contributed by atoms with E-state index in [-0.39, 0.29) is 86.8 Å². The fourth-order valence-corrected chi connectivity index (χ4v) is 13.2. The summed E-state index contributed by atoms with van der Waals surface area (Å²) >= 11 is 7.42. The molecule has 23 heteroatoms. The summed E-state index contributed by atoms with van der Waals surface area (Å²) in [6, 6.07) is 55.6. The molecule has 0 radical (unpaired) electrons. The van der Waals surface area contributed by atoms with Gasteiger partial charge in [-0.3, -0.25) is 14.5 Å². The number of ether oxygens (including phenoxy) is 9. The number of nitrogens with one attached hydrogen (secondary N) is 2. The van der Waals surface area contributed by atoms with Crippen LogP contribution in [0.1, 0.15) is 57.6 Å². The number of fused-ring (bicyclic) bond motifs is 1. The Balaban J connectivity index is 1.03. The maximum absolute atomic E-state index is 16.9. The number of hydrogen-bond acceptors (Lipinski definition) is 17. The van der Waals surface area contributed by atoms with Crippen LogP contribution in [-0.4, -0.2) is 118 Å². The molecule has 3 heterocycles. The number of β-lactam (4-membered cyclic amide) rings is 1. The van der Waals surface area contributed by atoms with Crippen molar-refractivity contribution in [3.05, 3.63) is 267 Å². The molecule has 0 bridgehead atoms. The number of methoxy groups -OCH3 is 3. The molecule has 1 fully saturated rings. The summed E-state index contributed by atoms with van der Waals surface area (Å²) in [5, 5.41) is 7.51. The number of halogens is 2. The van der Waals surface area contributed by atoms with Gasteiger partial charge in [0.25, 0.3) is 5.91 Å². The van der Waals surface area contributed by atoms with Crippen LogP contribution in [0, 0.1) is 5.82 Å². The van der Waals surface area contributed by atoms with Gasteiger partial charge in [0.05, 0.1) is 40.0 Å². The summed E-state index contributed by atoms with van der Waals surface area (Å²) in [7, 11) is 2.96. The highest BCUT2D eigenvalue weighted by Crippen LogP contribution is 2.44. The first-order chi connectivity index (χ1) is 46.0. The first-order valence-electron chi connectivity index (χ1n) is 29.9. The molecule has 10 rings (SSSR count). The minimum Gasteiger partial charge on any atom is -0.497 e. The summed E-state index contributed by atoms with van der Waals surface area (Å²) in [4.78, 5) is 71.7. The number of aliphatic imine (C=N–C) groups is 1. The molecule has 488 valence electrons. The number of carbonyl (C=O) groups is 4. The Hall–Kier alpha value is -8.97. The van der Waals surface area contributed by atoms with Crippen LogP contribution in [0.4, 0.5) is 4.39 Å². The van der Waals surface area contributed by atoms with Gasteiger partial charge in [-0.15, -0.1) is 23.4 Å². The number of nitrogens with zero attached hydrogens (tertiary/aromatic N) is 3. The van der Waals surface area contributed by atoms with E-state index in [1.54, 1.807) is 48.9 Å². The molecular formula is C71H69ClFN5O14S2. The minimum absolute atomic E-state index is 0.0587. The van der Waals surface area contributed by atoms with Crippen LogP contribution in [0.15, 0.2) is 232 Å². The second-order valence-electron chi connectivity index (χ2n) is 21.1. The molecule has 3 unspecified atom stereocenters. The molecular weight excluding hydrogens is 1270 g/mol. The zero-order valence-electron chi connectivity index (χ0n) is 51.6. The number of rotatable bonds is 32. The zero-order valence-corrected chi connectivity index (χ0v) is 54.0. The fourth-order valence-electron chi connectivity index (χ4n) is 10.5. The van der Waals surface area contributed by atoms with Crippen LogP contribution < -0.4 is 24.8 Å². The van der Waals surface area contributed by atoms with Crippen molar-refractivity contribution in [1.29, 1.82) is 0 Å². The van der Waals surface area contributed by atoms with E-state index >= 15 is 9.18 Å². The third kappa shape index (κ3) is 16.7. The predicted octanol–water partition coefficient (Wildman–Crippen LogP) is 11.3. The molecule has 94 heavy (non-hydrogen) atoms. The first-order valence-corrected chi connectivity index (χ1v) is 32.7. The molecule has 0 aromatic heterocycles. The van der Waals surface area contributed by atoms with Crippen molar-refractivity contribution in [3.8, 4) is 17.2 Å². The number of esters is 2. The second-order valence-corrected chi connectivity index (χ2v) is 24.0. The van der Waals surface area contributed by atoms with E-state index in [9.17, 15) is 14.4 Å². The van der Waals surface area contributed by atoms with E-state index in [0.717, 1.165) is 22.8 Å². The Morgan fingerprint density at radius 1 is 0.755 bits per heavy atom. The van der Waals surface area contributed by atoms with Gasteiger partial charge >= 0.3 is 11.9 Å². The molecule has 2 N–H and O–H groups in total. The minimum atomic E-state index is -1.82. The van der Waals surface area contributed by atoms with Crippen LogP contribution in [0.2, 0.25) is 0 Å². The van der Waals surface area contributed by atoms with E-state index < -0.39 is 69.4 Å². The molecule has 7 aromatic rings. The predicted molar refractivity (Wildman–Crippen MR) is 355 cm³/mol. The molecule has 1 saturated heterocycles. The zero-order chi connectivity index (χ0) is 65.7. The van der Waals surface area contributed by atoms with Gasteiger partial charge in [-0.2, -0.15) is 0 Å². The molecule has 4 atom stereocenters. The largest absolute Gasteiger partial charge is 0.497 e. The lowest BCUT2D eigenvalue weighted by Crippen LogP contribution is -2.70. The van der Waals surface area contributed by atoms with Gasteiger partial charge in [-0.1, -0.05) is 180 Å². The van der Waals surface area contributed by atoms with Gasteiger partial charge in [0.1, 0.15) is 35.0 Å². The Bertz CT molecular complexity index is 3740. The molecule has 2 amide bonds. The highest BCUT2D eigenvalue weighted by Gasteiger charge is 2.54. The van der Waals surface area contributed by atoms with Crippen molar-refractivity contribution in [2.75, 3.05) is 73.0 Å². The molecule has 19 nitrogen and oxygen atoms in total. The summed E-state index contributed by atoms with van der Waals surface area (Å²) in [6.45, 7) is -0.0624. The Kier molecular flexibility index (Phi) is 24.4. The van der Waals surface area contributed by atoms with Crippen molar-refractivity contribution in [2.24, 2.45) is 9.52 Å². The second kappa shape index (κ2) is 33.7. The van der Waals surface area contributed by atoms with E-state index in [1.807, 2.05) is 152 Å². The standard InChI is InChI=1S/C71H69ClFN5O14S2/c1-83-36-38-86-46-89-59-41-52(40-58(73)65(59)90-47-87-39-37-84-2)64(69(82)91-63(49-20-9-4-10-21-49)50-22-11-5-12-23-50)92-77-94-45-56(74-70(94)76-71(53-25-13-6-14-26-53,54-27-15-7-16-28-54)55-29-17-8-18-30-55)42-60(79)75-61-66(80)78-62(51(24-19-35-72)44-93-67(61)78)68(81)88-43-48-31-33-57(85-3)34-32-48/h4-34,40-41,45,61,63-64,67H,35-39,42-44,46-47H2,1-3H3,(H,74,76)(H,75,79)/b24-19-/t61-,64?,67?,94?/m1/s1. The summed E-state index contributed by atoms with van der Waals surface area (Å²) in [5.74, 6) is -3.14. The van der Waals surface area contributed by atoms with Crippen LogP contribution in [0.3, 0.4) is 0 Å². The Morgan fingerprint density at radius 2 is 1.33 bits per heavy atom. The quantitative estimate of drug-likeness (QED) is 0.00763. The lowest BCUT2D eigenvalue weighted by Gasteiger charge is -2.49. The first kappa shape index (κ1) is 67.9. The van der Waals surface area contributed by atoms with Crippen molar-refractivity contribution in [1.82, 2.24) is 15.5 Å². The van der Waals surface area contributed by atoms with Gasteiger partial charge in [0.15, 0.2) is 42.2 Å². The van der Waals surface area contributed by atoms with Gasteiger partial charge in [-0.05, 0) is 63.2 Å². The molecule has 7 aromatic carbocycles. The van der Waals surface area contributed by atoms with E-state index in [0.29, 0.717) is 39.5 Å². The number of alkyl halides is 1. The highest BCUT2D eigenvalue weighted by molar-refractivity contribution is 8.05. The Labute approximate surface area is 555 Å². The number of carbonyl (C=O) groups excluding carboxylic acids is 4. The topological polar surface area (TPSA) is 213 Å². The summed E-state index contributed by atoms with van der Waals surface area (Å²) < 4.78 is 72.4. The molecule has 0 aliphatic carbocycles. The lowest BCUT2D eigenvalue weighted by atomic mass is 9.77. The SMILES string of the molecule is COCCOCOc1cc(C(ON=S2C=C(CC(=O)N[C@@H]3C(=O)N4C(C(=O)OCc5ccc(OC)cc5)=C(/C=C\CCl)CSC34)NC2=NC(c2ccccc2)(c2ccccc2)c2ccccc2)C(=O)OC(c2ccccc2)c2ccccc2)cc(F)c1OCOCCOC. The van der Waals surface area contributed by atoms with Crippen LogP contribution in [-0.2, 0) is 75.3 Å². The van der Waals surface area contributed by atoms with Crippen LogP contribution in [0.5, 0.6) is 17.2 Å². The van der Waals surface area contributed by atoms with Crippen molar-refractivity contribution < 1.29 is 71.0 Å². The average molecular weight is 1330 g/mol. The lowest BCUT2D eigenvalue weighted by molar-refractivity contribution is -0.161. The van der Waals surface area contributed by atoms with Gasteiger partial charge < -0.3 is 53.3 Å². The summed E-state index contributed by atoms with van der Waals surface area (Å²) in [5.41, 5.74) is 3.78. The maximum atomic E-state index is 16.9. The van der Waals surface area contributed by atoms with Crippen LogP contribution >= 0.6 is 23.4 Å². The fraction of sp³-hybridized carbons (Fsp3) is 0.254. The smallest absolute Gasteiger partial charge is 0.355 e. The van der Waals surface area contributed by atoms with Gasteiger partial charge in [-0.25, -0.2) is 23.8 Å². The van der Waals surface area contributed by atoms with Crippen molar-refractivity contribution in [3.63, 3.8) is 0 Å². The monoisotopic (exact) mass is 1330 g/mol. The molecule has 0 spiro atoms. The van der Waals surface area contributed by atoms with E-state index in [1.165, 1.54) is 36.9 Å². The maximum Gasteiger partial charge on any atom is 0.355 e. The molecule has 3 aliphatic heterocycles. The molecule has 0 saturated carbocycles. The third-order valence-electron chi connectivity index (χ3n) is 15.0. The average Bonchev–Trinajstić information content (AvgIpc) is 0.751. The number of thioether (sulfide) groups is 1. The molecule has 3 aliphatic rings. The van der Waals surface area contributed by atoms with Gasteiger partial charge in [0, 0.05) is 53.2 Å². The number of amides is 2. The van der Waals surface area contributed by atoms with Crippen LogP contribution in [0.25, 0.3) is 0 Å². The van der Waals surface area contributed by atoms with Gasteiger partial charge in [0.2, 0.25) is 12.0 Å². The number of allylic oxidation sites excluding steroid dienone is 2. The third-order valence-corrected chi connectivity index (χ3v) is 17.8. The highest BCUT2D eigenvalue weighted by atomic mass is 35.5. The number of benzene rings is 7. The Morgan fingerprint density at radius 3 is 1.89 bits per heavy atom. The van der Waals surface area contributed by atoms with Crippen molar-refractivity contribution >= 4 is 63.0 Å².